The van der Waals surface area contributed by atoms with Gasteiger partial charge in [0.2, 0.25) is 5.95 Å². The Labute approximate surface area is 142 Å². The molecule has 0 unspecified atom stereocenters. The molecule has 1 aromatic carbocycles. The third-order valence-corrected chi connectivity index (χ3v) is 3.99. The van der Waals surface area contributed by atoms with Crippen molar-refractivity contribution in [2.45, 2.75) is 25.4 Å². The van der Waals surface area contributed by atoms with Crippen LogP contribution in [-0.4, -0.2) is 33.9 Å². The number of piperidine rings is 1. The van der Waals surface area contributed by atoms with E-state index in [2.05, 4.69) is 15.3 Å². The molecule has 1 aromatic heterocycles. The van der Waals surface area contributed by atoms with Crippen LogP contribution in [0.2, 0.25) is 0 Å². The Morgan fingerprint density at radius 3 is 2.36 bits per heavy atom. The summed E-state index contributed by atoms with van der Waals surface area (Å²) in [6.07, 6.45) is 0.154. The number of nitrogens with zero attached hydrogens (tertiary/aromatic N) is 3. The van der Waals surface area contributed by atoms with Gasteiger partial charge >= 0.3 is 6.18 Å². The lowest BCUT2D eigenvalue weighted by molar-refractivity contribution is -0.137. The molecule has 0 bridgehead atoms. The minimum absolute atomic E-state index is 0.155. The van der Waals surface area contributed by atoms with Crippen LogP contribution in [0.4, 0.5) is 24.8 Å². The molecule has 132 valence electrons. The van der Waals surface area contributed by atoms with Gasteiger partial charge in [0.05, 0.1) is 5.56 Å². The summed E-state index contributed by atoms with van der Waals surface area (Å²) in [5, 5.41) is 2.82. The highest BCUT2D eigenvalue weighted by Crippen LogP contribution is 2.30. The Kier molecular flexibility index (Phi) is 4.87. The maximum Gasteiger partial charge on any atom is 0.416 e. The molecule has 1 N–H and O–H groups in total. The van der Waals surface area contributed by atoms with Gasteiger partial charge in [-0.05, 0) is 49.6 Å². The third-order valence-electron chi connectivity index (χ3n) is 3.99. The normalized spacial score (nSPS) is 15.1. The molecule has 1 fully saturated rings. The van der Waals surface area contributed by atoms with Gasteiger partial charge in [-0.2, -0.15) is 13.2 Å². The number of likely N-dealkylation sites (tertiary alicyclic amines) is 1. The average molecular weight is 350 g/mol. The van der Waals surface area contributed by atoms with Crippen LogP contribution in [0.5, 0.6) is 0 Å². The molecule has 0 atom stereocenters. The number of halogens is 3. The van der Waals surface area contributed by atoms with Gasteiger partial charge in [-0.1, -0.05) is 0 Å². The summed E-state index contributed by atoms with van der Waals surface area (Å²) in [5.41, 5.74) is -0.0464. The van der Waals surface area contributed by atoms with Crippen LogP contribution in [-0.2, 0) is 6.18 Å². The maximum absolute atomic E-state index is 12.6. The zero-order valence-electron chi connectivity index (χ0n) is 13.4. The number of amides is 1. The van der Waals surface area contributed by atoms with Crippen molar-refractivity contribution >= 4 is 17.5 Å². The lowest BCUT2D eigenvalue weighted by Crippen LogP contribution is -2.36. The number of hydrogen-bond donors (Lipinski definition) is 1. The molecule has 1 amide bonds. The number of anilines is 2. The van der Waals surface area contributed by atoms with Crippen LogP contribution in [0, 0.1) is 0 Å². The van der Waals surface area contributed by atoms with Gasteiger partial charge in [0.15, 0.2) is 0 Å². The van der Waals surface area contributed by atoms with E-state index < -0.39 is 11.7 Å². The van der Waals surface area contributed by atoms with Crippen molar-refractivity contribution < 1.29 is 18.0 Å². The fourth-order valence-corrected chi connectivity index (χ4v) is 2.67. The van der Waals surface area contributed by atoms with E-state index in [1.165, 1.54) is 24.4 Å². The highest BCUT2D eigenvalue weighted by atomic mass is 19.4. The molecule has 8 heteroatoms. The van der Waals surface area contributed by atoms with Crippen LogP contribution < -0.4 is 5.32 Å². The van der Waals surface area contributed by atoms with Gasteiger partial charge in [0, 0.05) is 25.0 Å². The standard InChI is InChI=1S/C17H17F3N4O/c18-17(19,20)12-4-6-13(7-5-12)22-16-21-9-8-14(23-16)15(25)24-10-2-1-3-11-24/h4-9H,1-3,10-11H2,(H,21,22,23). The summed E-state index contributed by atoms with van der Waals surface area (Å²) < 4.78 is 37.7. The lowest BCUT2D eigenvalue weighted by atomic mass is 10.1. The molecule has 2 aromatic rings. The summed E-state index contributed by atoms with van der Waals surface area (Å²) in [6, 6.07) is 6.08. The van der Waals surface area contributed by atoms with E-state index in [-0.39, 0.29) is 17.5 Å². The van der Waals surface area contributed by atoms with Crippen molar-refractivity contribution in [2.24, 2.45) is 0 Å². The average Bonchev–Trinajstić information content (AvgIpc) is 2.62. The fraction of sp³-hybridized carbons (Fsp3) is 0.353. The van der Waals surface area contributed by atoms with E-state index in [9.17, 15) is 18.0 Å². The van der Waals surface area contributed by atoms with Crippen LogP contribution >= 0.6 is 0 Å². The minimum Gasteiger partial charge on any atom is -0.337 e. The van der Waals surface area contributed by atoms with Gasteiger partial charge < -0.3 is 10.2 Å². The van der Waals surface area contributed by atoms with Gasteiger partial charge in [0.25, 0.3) is 5.91 Å². The predicted molar refractivity (Wildman–Crippen MR) is 86.5 cm³/mol. The summed E-state index contributed by atoms with van der Waals surface area (Å²) >= 11 is 0. The molecule has 25 heavy (non-hydrogen) atoms. The molecule has 1 saturated heterocycles. The van der Waals surface area contributed by atoms with Crippen molar-refractivity contribution in [2.75, 3.05) is 18.4 Å². The Bertz CT molecular complexity index is 740. The molecule has 0 saturated carbocycles. The second-order valence-electron chi connectivity index (χ2n) is 5.82. The Morgan fingerprint density at radius 1 is 1.04 bits per heavy atom. The molecule has 5 nitrogen and oxygen atoms in total. The number of rotatable bonds is 3. The van der Waals surface area contributed by atoms with E-state index in [1.54, 1.807) is 4.90 Å². The highest BCUT2D eigenvalue weighted by molar-refractivity contribution is 5.92. The van der Waals surface area contributed by atoms with Crippen LogP contribution in [0.1, 0.15) is 35.3 Å². The predicted octanol–water partition coefficient (Wildman–Crippen LogP) is 3.87. The van der Waals surface area contributed by atoms with Crippen LogP contribution in [0.3, 0.4) is 0 Å². The number of carbonyl (C=O) groups excluding carboxylic acids is 1. The number of nitrogens with one attached hydrogen (secondary N) is 1. The van der Waals surface area contributed by atoms with Gasteiger partial charge in [0.1, 0.15) is 5.69 Å². The largest absolute Gasteiger partial charge is 0.416 e. The second kappa shape index (κ2) is 7.08. The summed E-state index contributed by atoms with van der Waals surface area (Å²) in [4.78, 5) is 22.4. The molecule has 1 aliphatic heterocycles. The number of hydrogen-bond acceptors (Lipinski definition) is 4. The van der Waals surface area contributed by atoms with E-state index >= 15 is 0 Å². The van der Waals surface area contributed by atoms with Crippen molar-refractivity contribution in [3.05, 3.63) is 47.8 Å². The third kappa shape index (κ3) is 4.26. The SMILES string of the molecule is O=C(c1ccnc(Nc2ccc(C(F)(F)F)cc2)n1)N1CCCCC1. The molecular weight excluding hydrogens is 333 g/mol. The van der Waals surface area contributed by atoms with Crippen molar-refractivity contribution in [3.63, 3.8) is 0 Å². The Balaban J connectivity index is 1.72. The molecular formula is C17H17F3N4O. The zero-order chi connectivity index (χ0) is 17.9. The molecule has 2 heterocycles. The topological polar surface area (TPSA) is 58.1 Å². The van der Waals surface area contributed by atoms with E-state index in [0.29, 0.717) is 18.8 Å². The molecule has 3 rings (SSSR count). The first-order chi connectivity index (χ1) is 11.9. The van der Waals surface area contributed by atoms with Crippen molar-refractivity contribution in [3.8, 4) is 0 Å². The second-order valence-corrected chi connectivity index (χ2v) is 5.82. The first-order valence-corrected chi connectivity index (χ1v) is 8.00. The Morgan fingerprint density at radius 2 is 1.72 bits per heavy atom. The van der Waals surface area contributed by atoms with E-state index in [1.807, 2.05) is 0 Å². The van der Waals surface area contributed by atoms with Crippen molar-refractivity contribution in [1.29, 1.82) is 0 Å². The highest BCUT2D eigenvalue weighted by Gasteiger charge is 2.30. The number of benzene rings is 1. The van der Waals surface area contributed by atoms with Gasteiger partial charge in [-0.3, -0.25) is 4.79 Å². The first kappa shape index (κ1) is 17.2. The maximum atomic E-state index is 12.6. The molecule has 0 radical (unpaired) electrons. The zero-order valence-corrected chi connectivity index (χ0v) is 13.4. The lowest BCUT2D eigenvalue weighted by Gasteiger charge is -2.26. The molecule has 0 aliphatic carbocycles. The number of aromatic nitrogens is 2. The van der Waals surface area contributed by atoms with E-state index in [0.717, 1.165) is 31.4 Å². The quantitative estimate of drug-likeness (QED) is 0.913. The van der Waals surface area contributed by atoms with Crippen molar-refractivity contribution in [1.82, 2.24) is 14.9 Å². The minimum atomic E-state index is -4.38. The summed E-state index contributed by atoms with van der Waals surface area (Å²) in [6.45, 7) is 1.43. The fourth-order valence-electron chi connectivity index (χ4n) is 2.67. The monoisotopic (exact) mass is 350 g/mol. The van der Waals surface area contributed by atoms with Crippen LogP contribution in [0.15, 0.2) is 36.5 Å². The number of alkyl halides is 3. The Hall–Kier alpha value is -2.64. The van der Waals surface area contributed by atoms with Crippen LogP contribution in [0.25, 0.3) is 0 Å². The van der Waals surface area contributed by atoms with Gasteiger partial charge in [-0.25, -0.2) is 9.97 Å². The molecule has 0 spiro atoms. The summed E-state index contributed by atoms with van der Waals surface area (Å²) in [5.74, 6) is 0.0141. The number of carbonyl (C=O) groups is 1. The van der Waals surface area contributed by atoms with Gasteiger partial charge in [-0.15, -0.1) is 0 Å². The first-order valence-electron chi connectivity index (χ1n) is 8.00. The molecule has 1 aliphatic rings. The summed E-state index contributed by atoms with van der Waals surface area (Å²) in [7, 11) is 0. The van der Waals surface area contributed by atoms with E-state index in [4.69, 9.17) is 0 Å². The smallest absolute Gasteiger partial charge is 0.337 e.